The van der Waals surface area contributed by atoms with E-state index >= 15 is 0 Å². The van der Waals surface area contributed by atoms with E-state index in [2.05, 4.69) is 11.9 Å². The number of benzene rings is 1. The second-order valence-electron chi connectivity index (χ2n) is 2.66. The Labute approximate surface area is 76.7 Å². The molecule has 1 amide bonds. The molecule has 0 aliphatic carbocycles. The van der Waals surface area contributed by atoms with Crippen molar-refractivity contribution in [2.45, 2.75) is 6.92 Å². The summed E-state index contributed by atoms with van der Waals surface area (Å²) in [6.07, 6.45) is 1.16. The summed E-state index contributed by atoms with van der Waals surface area (Å²) in [5, 5.41) is 11.9. The van der Waals surface area contributed by atoms with Crippen molar-refractivity contribution in [2.75, 3.05) is 5.32 Å². The molecule has 0 aliphatic heterocycles. The fourth-order valence-electron chi connectivity index (χ4n) is 0.989. The van der Waals surface area contributed by atoms with E-state index in [1.165, 1.54) is 6.07 Å². The quantitative estimate of drug-likeness (QED) is 0.534. The van der Waals surface area contributed by atoms with Gasteiger partial charge in [-0.15, -0.1) is 0 Å². The number of anilines is 1. The smallest absolute Gasteiger partial charge is 0.247 e. The minimum Gasteiger partial charge on any atom is -0.506 e. The molecule has 2 N–H and O–H groups in total. The molecule has 0 heterocycles. The minimum absolute atomic E-state index is 0.0650. The number of amides is 1. The van der Waals surface area contributed by atoms with Gasteiger partial charge in [-0.25, -0.2) is 0 Å². The largest absolute Gasteiger partial charge is 0.506 e. The highest BCUT2D eigenvalue weighted by molar-refractivity contribution is 6.00. The fourth-order valence-corrected chi connectivity index (χ4v) is 0.989. The van der Waals surface area contributed by atoms with Gasteiger partial charge in [-0.05, 0) is 24.6 Å². The summed E-state index contributed by atoms with van der Waals surface area (Å²) in [6, 6.07) is 5.04. The molecule has 0 saturated heterocycles. The molecule has 0 aromatic heterocycles. The molecule has 0 aliphatic rings. The first-order chi connectivity index (χ1) is 6.15. The molecular formula is C10H11NO2. The lowest BCUT2D eigenvalue weighted by Crippen LogP contribution is -2.08. The highest BCUT2D eigenvalue weighted by Crippen LogP contribution is 2.26. The maximum absolute atomic E-state index is 10.9. The molecule has 1 aromatic rings. The maximum Gasteiger partial charge on any atom is 0.247 e. The van der Waals surface area contributed by atoms with Crippen molar-refractivity contribution < 1.29 is 9.90 Å². The van der Waals surface area contributed by atoms with Crippen molar-refractivity contribution in [3.63, 3.8) is 0 Å². The van der Waals surface area contributed by atoms with Crippen LogP contribution in [0.2, 0.25) is 0 Å². The third kappa shape index (κ3) is 2.08. The van der Waals surface area contributed by atoms with E-state index in [1.807, 2.05) is 0 Å². The SMILES string of the molecule is C=CC(=O)Nc1c(C)cccc1O. The second-order valence-corrected chi connectivity index (χ2v) is 2.66. The average molecular weight is 177 g/mol. The van der Waals surface area contributed by atoms with Crippen LogP contribution in [0.5, 0.6) is 5.75 Å². The number of hydrogen-bond donors (Lipinski definition) is 2. The number of phenolic OH excluding ortho intramolecular Hbond substituents is 1. The molecule has 0 radical (unpaired) electrons. The van der Waals surface area contributed by atoms with Gasteiger partial charge in [0.15, 0.2) is 0 Å². The van der Waals surface area contributed by atoms with Crippen LogP contribution >= 0.6 is 0 Å². The van der Waals surface area contributed by atoms with Gasteiger partial charge < -0.3 is 10.4 Å². The Balaban J connectivity index is 2.99. The third-order valence-corrected chi connectivity index (χ3v) is 1.68. The number of para-hydroxylation sites is 1. The highest BCUT2D eigenvalue weighted by atomic mass is 16.3. The van der Waals surface area contributed by atoms with Crippen LogP contribution in [0, 0.1) is 6.92 Å². The van der Waals surface area contributed by atoms with E-state index in [1.54, 1.807) is 19.1 Å². The molecular weight excluding hydrogens is 166 g/mol. The molecule has 1 rings (SSSR count). The van der Waals surface area contributed by atoms with Gasteiger partial charge in [-0.2, -0.15) is 0 Å². The Hall–Kier alpha value is -1.77. The molecule has 0 spiro atoms. The van der Waals surface area contributed by atoms with E-state index in [9.17, 15) is 9.90 Å². The Kier molecular flexibility index (Phi) is 2.69. The fraction of sp³-hybridized carbons (Fsp3) is 0.100. The first-order valence-corrected chi connectivity index (χ1v) is 3.87. The van der Waals surface area contributed by atoms with Gasteiger partial charge in [0.2, 0.25) is 5.91 Å². The zero-order chi connectivity index (χ0) is 9.84. The predicted molar refractivity (Wildman–Crippen MR) is 51.7 cm³/mol. The normalized spacial score (nSPS) is 9.31. The first-order valence-electron chi connectivity index (χ1n) is 3.87. The lowest BCUT2D eigenvalue weighted by molar-refractivity contribution is -0.111. The van der Waals surface area contributed by atoms with E-state index in [0.29, 0.717) is 5.69 Å². The molecule has 0 bridgehead atoms. The van der Waals surface area contributed by atoms with Gasteiger partial charge in [0.05, 0.1) is 5.69 Å². The van der Waals surface area contributed by atoms with Gasteiger partial charge in [0.1, 0.15) is 5.75 Å². The van der Waals surface area contributed by atoms with Gasteiger partial charge in [0, 0.05) is 0 Å². The van der Waals surface area contributed by atoms with E-state index in [0.717, 1.165) is 11.6 Å². The predicted octanol–water partition coefficient (Wildman–Crippen LogP) is 1.83. The van der Waals surface area contributed by atoms with Crippen molar-refractivity contribution in [3.05, 3.63) is 36.4 Å². The molecule has 3 heteroatoms. The topological polar surface area (TPSA) is 49.3 Å². The number of carbonyl (C=O) groups excluding carboxylic acids is 1. The van der Waals surface area contributed by atoms with E-state index < -0.39 is 0 Å². The lowest BCUT2D eigenvalue weighted by Gasteiger charge is -2.07. The Morgan fingerprint density at radius 3 is 2.85 bits per heavy atom. The number of aromatic hydroxyl groups is 1. The summed E-state index contributed by atoms with van der Waals surface area (Å²) in [6.45, 7) is 5.13. The molecule has 68 valence electrons. The highest BCUT2D eigenvalue weighted by Gasteiger charge is 2.05. The molecule has 1 aromatic carbocycles. The van der Waals surface area contributed by atoms with Gasteiger partial charge in [-0.3, -0.25) is 4.79 Å². The molecule has 3 nitrogen and oxygen atoms in total. The maximum atomic E-state index is 10.9. The molecule has 0 atom stereocenters. The van der Waals surface area contributed by atoms with Crippen molar-refractivity contribution >= 4 is 11.6 Å². The third-order valence-electron chi connectivity index (χ3n) is 1.68. The summed E-state index contributed by atoms with van der Waals surface area (Å²) in [5.41, 5.74) is 1.25. The van der Waals surface area contributed by atoms with Crippen LogP contribution in [0.1, 0.15) is 5.56 Å². The van der Waals surface area contributed by atoms with Crippen molar-refractivity contribution in [2.24, 2.45) is 0 Å². The number of rotatable bonds is 2. The van der Waals surface area contributed by atoms with Crippen molar-refractivity contribution in [3.8, 4) is 5.75 Å². The second kappa shape index (κ2) is 3.76. The number of phenols is 1. The summed E-state index contributed by atoms with van der Waals surface area (Å²) in [7, 11) is 0. The van der Waals surface area contributed by atoms with Crippen LogP contribution in [-0.2, 0) is 4.79 Å². The Morgan fingerprint density at radius 2 is 2.31 bits per heavy atom. The van der Waals surface area contributed by atoms with Crippen LogP contribution in [-0.4, -0.2) is 11.0 Å². The van der Waals surface area contributed by atoms with Crippen molar-refractivity contribution in [1.29, 1.82) is 0 Å². The zero-order valence-corrected chi connectivity index (χ0v) is 7.37. The molecule has 0 fully saturated rings. The summed E-state index contributed by atoms with van der Waals surface area (Å²) >= 11 is 0. The van der Waals surface area contributed by atoms with Crippen LogP contribution in [0.15, 0.2) is 30.9 Å². The van der Waals surface area contributed by atoms with Gasteiger partial charge in [0.25, 0.3) is 0 Å². The average Bonchev–Trinajstić information content (AvgIpc) is 2.11. The molecule has 0 saturated carbocycles. The van der Waals surface area contributed by atoms with Gasteiger partial charge in [-0.1, -0.05) is 18.7 Å². The molecule has 13 heavy (non-hydrogen) atoms. The van der Waals surface area contributed by atoms with Crippen molar-refractivity contribution in [1.82, 2.24) is 0 Å². The van der Waals surface area contributed by atoms with E-state index in [-0.39, 0.29) is 11.7 Å². The van der Waals surface area contributed by atoms with Crippen LogP contribution < -0.4 is 5.32 Å². The first kappa shape index (κ1) is 9.32. The van der Waals surface area contributed by atoms with Crippen LogP contribution in [0.25, 0.3) is 0 Å². The Bertz CT molecular complexity index is 325. The standard InChI is InChI=1S/C10H11NO2/c1-3-9(13)11-10-7(2)5-4-6-8(10)12/h3-6,12H,1H2,2H3,(H,11,13). The van der Waals surface area contributed by atoms with Crippen LogP contribution in [0.3, 0.4) is 0 Å². The number of carbonyl (C=O) groups is 1. The van der Waals surface area contributed by atoms with E-state index in [4.69, 9.17) is 0 Å². The number of aryl methyl sites for hydroxylation is 1. The lowest BCUT2D eigenvalue weighted by atomic mass is 10.2. The summed E-state index contributed by atoms with van der Waals surface area (Å²) in [5.74, 6) is -0.264. The Morgan fingerprint density at radius 1 is 1.62 bits per heavy atom. The minimum atomic E-state index is -0.329. The monoisotopic (exact) mass is 177 g/mol. The number of hydrogen-bond acceptors (Lipinski definition) is 2. The van der Waals surface area contributed by atoms with Gasteiger partial charge >= 0.3 is 0 Å². The zero-order valence-electron chi connectivity index (χ0n) is 7.37. The molecule has 0 unspecified atom stereocenters. The summed E-state index contributed by atoms with van der Waals surface area (Å²) < 4.78 is 0. The number of nitrogens with one attached hydrogen (secondary N) is 1. The van der Waals surface area contributed by atoms with Crippen LogP contribution in [0.4, 0.5) is 5.69 Å². The summed E-state index contributed by atoms with van der Waals surface area (Å²) in [4.78, 5) is 10.9.